The smallest absolute Gasteiger partial charge is 0.101 e. The average Bonchev–Trinajstić information content (AvgIpc) is 2.45. The van der Waals surface area contributed by atoms with Gasteiger partial charge in [0, 0.05) is 0 Å². The maximum atomic E-state index is 9.00. The third-order valence-corrected chi connectivity index (χ3v) is 3.46. The highest BCUT2D eigenvalue weighted by Gasteiger charge is 2.22. The molecule has 0 fully saturated rings. The number of anilines is 1. The van der Waals surface area contributed by atoms with Gasteiger partial charge in [0.1, 0.15) is 13.2 Å². The molecule has 1 rings (SSSR count). The lowest BCUT2D eigenvalue weighted by atomic mass is 9.80. The molecule has 1 aromatic rings. The van der Waals surface area contributed by atoms with Crippen LogP contribution in [0.25, 0.3) is 0 Å². The normalized spacial score (nSPS) is 12.5. The van der Waals surface area contributed by atoms with E-state index in [-0.39, 0.29) is 37.3 Å². The molecule has 132 valence electrons. The molecule has 0 spiro atoms. The SMILES string of the molecule is CC(C)(C)c1cc(N(OCCO)OCCO)cc(C(C)(C)C)c1. The van der Waals surface area contributed by atoms with Crippen LogP contribution in [0, 0.1) is 0 Å². The van der Waals surface area contributed by atoms with Gasteiger partial charge in [-0.2, -0.15) is 0 Å². The Bertz CT molecular complexity index is 449. The number of nitrogens with zero attached hydrogens (tertiary/aromatic N) is 1. The second-order valence-electron chi connectivity index (χ2n) is 7.64. The zero-order valence-electron chi connectivity index (χ0n) is 15.2. The van der Waals surface area contributed by atoms with E-state index in [1.165, 1.54) is 16.4 Å². The topological polar surface area (TPSA) is 62.2 Å². The number of hydrogen-bond acceptors (Lipinski definition) is 5. The molecule has 0 radical (unpaired) electrons. The Morgan fingerprint density at radius 2 is 1.17 bits per heavy atom. The van der Waals surface area contributed by atoms with E-state index < -0.39 is 0 Å². The highest BCUT2D eigenvalue weighted by molar-refractivity contribution is 5.51. The van der Waals surface area contributed by atoms with Crippen LogP contribution in [0.5, 0.6) is 0 Å². The molecule has 0 aliphatic rings. The molecule has 5 nitrogen and oxygen atoms in total. The lowest BCUT2D eigenvalue weighted by Gasteiger charge is -2.29. The Labute approximate surface area is 139 Å². The second-order valence-corrected chi connectivity index (χ2v) is 7.64. The highest BCUT2D eigenvalue weighted by atomic mass is 16.9. The van der Waals surface area contributed by atoms with E-state index in [1.54, 1.807) is 0 Å². The van der Waals surface area contributed by atoms with Crippen molar-refractivity contribution in [1.82, 2.24) is 0 Å². The van der Waals surface area contributed by atoms with Crippen LogP contribution in [0.3, 0.4) is 0 Å². The summed E-state index contributed by atoms with van der Waals surface area (Å²) in [7, 11) is 0. The average molecular weight is 325 g/mol. The van der Waals surface area contributed by atoms with Crippen LogP contribution in [-0.4, -0.2) is 36.6 Å². The van der Waals surface area contributed by atoms with Crippen molar-refractivity contribution in [1.29, 1.82) is 0 Å². The number of benzene rings is 1. The molecule has 0 aliphatic heterocycles. The third kappa shape index (κ3) is 6.11. The van der Waals surface area contributed by atoms with Crippen LogP contribution in [-0.2, 0) is 20.5 Å². The summed E-state index contributed by atoms with van der Waals surface area (Å²) in [6.45, 7) is 13.0. The van der Waals surface area contributed by atoms with Gasteiger partial charge in [-0.15, -0.1) is 5.23 Å². The maximum absolute atomic E-state index is 9.00. The van der Waals surface area contributed by atoms with Gasteiger partial charge in [-0.05, 0) is 34.1 Å². The van der Waals surface area contributed by atoms with Crippen molar-refractivity contribution >= 4 is 5.69 Å². The summed E-state index contributed by atoms with van der Waals surface area (Å²) in [6.07, 6.45) is 0. The Kier molecular flexibility index (Phi) is 7.02. The number of hydrogen-bond donors (Lipinski definition) is 2. The van der Waals surface area contributed by atoms with Gasteiger partial charge in [0.05, 0.1) is 18.9 Å². The van der Waals surface area contributed by atoms with E-state index in [1.807, 2.05) is 12.1 Å². The first-order valence-electron chi connectivity index (χ1n) is 8.03. The molecule has 0 bridgehead atoms. The van der Waals surface area contributed by atoms with Crippen LogP contribution in [0.1, 0.15) is 52.7 Å². The summed E-state index contributed by atoms with van der Waals surface area (Å²) in [5.74, 6) is 0. The molecule has 2 N–H and O–H groups in total. The minimum absolute atomic E-state index is 0.0182. The molecule has 0 heterocycles. The van der Waals surface area contributed by atoms with E-state index in [9.17, 15) is 0 Å². The lowest BCUT2D eigenvalue weighted by molar-refractivity contribution is -0.103. The summed E-state index contributed by atoms with van der Waals surface area (Å²) in [4.78, 5) is 10.9. The summed E-state index contributed by atoms with van der Waals surface area (Å²) in [6, 6.07) is 6.24. The fraction of sp³-hybridized carbons (Fsp3) is 0.667. The first-order chi connectivity index (χ1) is 10.6. The van der Waals surface area contributed by atoms with Gasteiger partial charge >= 0.3 is 0 Å². The minimum Gasteiger partial charge on any atom is -0.394 e. The first kappa shape index (κ1) is 19.9. The largest absolute Gasteiger partial charge is 0.394 e. The van der Waals surface area contributed by atoms with E-state index in [0.717, 1.165) is 5.69 Å². The van der Waals surface area contributed by atoms with Crippen molar-refractivity contribution in [3.05, 3.63) is 29.3 Å². The Balaban J connectivity index is 3.29. The first-order valence-corrected chi connectivity index (χ1v) is 8.03. The number of aliphatic hydroxyl groups is 2. The molecule has 0 aliphatic carbocycles. The quantitative estimate of drug-likeness (QED) is 0.755. The van der Waals surface area contributed by atoms with Crippen molar-refractivity contribution in [3.63, 3.8) is 0 Å². The predicted octanol–water partition coefficient (Wildman–Crippen LogP) is 2.94. The van der Waals surface area contributed by atoms with Gasteiger partial charge in [0.15, 0.2) is 0 Å². The zero-order valence-corrected chi connectivity index (χ0v) is 15.2. The van der Waals surface area contributed by atoms with Gasteiger partial charge in [0.2, 0.25) is 0 Å². The zero-order chi connectivity index (χ0) is 17.7. The summed E-state index contributed by atoms with van der Waals surface area (Å²) in [5.41, 5.74) is 3.06. The van der Waals surface area contributed by atoms with E-state index in [2.05, 4.69) is 47.6 Å². The monoisotopic (exact) mass is 325 g/mol. The van der Waals surface area contributed by atoms with Gasteiger partial charge in [-0.3, -0.25) is 0 Å². The molecule has 1 aromatic carbocycles. The Hall–Kier alpha value is -1.14. The maximum Gasteiger partial charge on any atom is 0.101 e. The van der Waals surface area contributed by atoms with Gasteiger partial charge in [-0.1, -0.05) is 47.6 Å². The lowest BCUT2D eigenvalue weighted by Crippen LogP contribution is -2.28. The van der Waals surface area contributed by atoms with E-state index >= 15 is 0 Å². The van der Waals surface area contributed by atoms with Crippen molar-refractivity contribution in [2.75, 3.05) is 31.7 Å². The molecule has 0 aromatic heterocycles. The molecular formula is C18H31NO4. The number of aliphatic hydroxyl groups excluding tert-OH is 2. The van der Waals surface area contributed by atoms with Crippen molar-refractivity contribution in [2.24, 2.45) is 0 Å². The molecule has 0 saturated heterocycles. The number of rotatable bonds is 7. The predicted molar refractivity (Wildman–Crippen MR) is 92.4 cm³/mol. The van der Waals surface area contributed by atoms with Crippen LogP contribution in [0.4, 0.5) is 5.69 Å². The Morgan fingerprint density at radius 3 is 1.48 bits per heavy atom. The molecule has 0 unspecified atom stereocenters. The summed E-state index contributed by atoms with van der Waals surface area (Å²) in [5, 5.41) is 19.3. The fourth-order valence-electron chi connectivity index (χ4n) is 2.02. The van der Waals surface area contributed by atoms with Gasteiger partial charge < -0.3 is 10.2 Å². The van der Waals surface area contributed by atoms with E-state index in [0.29, 0.717) is 0 Å². The summed E-state index contributed by atoms with van der Waals surface area (Å²) < 4.78 is 0. The molecular weight excluding hydrogens is 294 g/mol. The van der Waals surface area contributed by atoms with Crippen LogP contribution < -0.4 is 5.23 Å². The standard InChI is InChI=1S/C18H31NO4/c1-17(2,3)14-11-15(18(4,5)6)13-16(12-14)19(22-9-7-20)23-10-8-21/h11-13,20-21H,7-10H2,1-6H3. The molecule has 0 atom stereocenters. The molecule has 23 heavy (non-hydrogen) atoms. The molecule has 5 heteroatoms. The van der Waals surface area contributed by atoms with Gasteiger partial charge in [0.25, 0.3) is 0 Å². The van der Waals surface area contributed by atoms with Crippen molar-refractivity contribution in [3.8, 4) is 0 Å². The molecule has 0 amide bonds. The van der Waals surface area contributed by atoms with Crippen LogP contribution in [0.2, 0.25) is 0 Å². The third-order valence-electron chi connectivity index (χ3n) is 3.46. The van der Waals surface area contributed by atoms with Crippen LogP contribution in [0.15, 0.2) is 18.2 Å². The summed E-state index contributed by atoms with van der Waals surface area (Å²) >= 11 is 0. The highest BCUT2D eigenvalue weighted by Crippen LogP contribution is 2.33. The second kappa shape index (κ2) is 8.11. The van der Waals surface area contributed by atoms with Crippen LogP contribution >= 0.6 is 0 Å². The Morgan fingerprint density at radius 1 is 0.783 bits per heavy atom. The van der Waals surface area contributed by atoms with Crippen molar-refractivity contribution in [2.45, 2.75) is 52.4 Å². The fourth-order valence-corrected chi connectivity index (χ4v) is 2.02. The van der Waals surface area contributed by atoms with Crippen molar-refractivity contribution < 1.29 is 19.9 Å². The minimum atomic E-state index is -0.107. The van der Waals surface area contributed by atoms with Gasteiger partial charge in [-0.25, -0.2) is 9.68 Å². The van der Waals surface area contributed by atoms with E-state index in [4.69, 9.17) is 19.9 Å². The molecule has 0 saturated carbocycles.